The molecule has 0 radical (unpaired) electrons. The molecular weight excluding hydrogens is 344 g/mol. The second-order valence-corrected chi connectivity index (χ2v) is 8.60. The van der Waals surface area contributed by atoms with Gasteiger partial charge in [-0.25, -0.2) is 0 Å². The van der Waals surface area contributed by atoms with E-state index in [4.69, 9.17) is 5.73 Å². The van der Waals surface area contributed by atoms with E-state index in [-0.39, 0.29) is 11.3 Å². The van der Waals surface area contributed by atoms with E-state index in [0.29, 0.717) is 19.5 Å². The van der Waals surface area contributed by atoms with Gasteiger partial charge in [0.2, 0.25) is 5.91 Å². The molecule has 2 aromatic carbocycles. The molecule has 28 heavy (non-hydrogen) atoms. The molecule has 3 heteroatoms. The molecule has 3 nitrogen and oxygen atoms in total. The van der Waals surface area contributed by atoms with Crippen LogP contribution in [0.4, 0.5) is 0 Å². The number of nitrogens with two attached hydrogens (primary N) is 1. The number of unbranched alkanes of at least 4 members (excludes halogenated alkanes) is 2. The van der Waals surface area contributed by atoms with Crippen LogP contribution in [0, 0.1) is 0 Å². The number of carbonyl (C=O) groups excluding carboxylic acids is 1. The highest BCUT2D eigenvalue weighted by Crippen LogP contribution is 2.22. The Morgan fingerprint density at radius 3 is 2.18 bits per heavy atom. The molecule has 0 atom stereocenters. The van der Waals surface area contributed by atoms with Crippen molar-refractivity contribution < 1.29 is 4.79 Å². The van der Waals surface area contributed by atoms with Gasteiger partial charge in [0.15, 0.2) is 0 Å². The molecule has 0 spiro atoms. The fraction of sp³-hybridized carbons (Fsp3) is 0.480. The Hall–Kier alpha value is -2.13. The van der Waals surface area contributed by atoms with Crippen LogP contribution in [-0.2, 0) is 23.2 Å². The first-order valence-electron chi connectivity index (χ1n) is 10.5. The molecule has 0 unspecified atom stereocenters. The molecule has 0 aliphatic carbocycles. The summed E-state index contributed by atoms with van der Waals surface area (Å²) < 4.78 is 0. The van der Waals surface area contributed by atoms with Crippen molar-refractivity contribution in [3.8, 4) is 0 Å². The number of carbonyl (C=O) groups is 1. The van der Waals surface area contributed by atoms with Gasteiger partial charge in [0, 0.05) is 19.5 Å². The first-order chi connectivity index (χ1) is 13.4. The van der Waals surface area contributed by atoms with Crippen molar-refractivity contribution in [2.45, 2.75) is 64.8 Å². The summed E-state index contributed by atoms with van der Waals surface area (Å²) >= 11 is 0. The second kappa shape index (κ2) is 11.0. The maximum Gasteiger partial charge on any atom is 0.222 e. The van der Waals surface area contributed by atoms with Crippen LogP contribution < -0.4 is 5.73 Å². The third-order valence-electron chi connectivity index (χ3n) is 5.15. The van der Waals surface area contributed by atoms with Gasteiger partial charge in [-0.3, -0.25) is 4.79 Å². The SMILES string of the molecule is CC(C)(C)c1ccc(CN(CCc2ccccc2)C(=O)CCCCCN)cc1. The Balaban J connectivity index is 2.02. The van der Waals surface area contributed by atoms with Crippen LogP contribution >= 0.6 is 0 Å². The van der Waals surface area contributed by atoms with Crippen molar-refractivity contribution in [1.29, 1.82) is 0 Å². The lowest BCUT2D eigenvalue weighted by molar-refractivity contribution is -0.131. The lowest BCUT2D eigenvalue weighted by Crippen LogP contribution is -2.32. The van der Waals surface area contributed by atoms with E-state index < -0.39 is 0 Å². The summed E-state index contributed by atoms with van der Waals surface area (Å²) in [4.78, 5) is 14.9. The number of nitrogens with zero attached hydrogens (tertiary/aromatic N) is 1. The standard InChI is InChI=1S/C25H36N2O/c1-25(2,3)23-15-13-22(14-16-23)20-27(24(28)12-8-5-9-18-26)19-17-21-10-6-4-7-11-21/h4,6-7,10-11,13-16H,5,8-9,12,17-20,26H2,1-3H3. The maximum atomic E-state index is 12.9. The molecule has 0 aliphatic rings. The Bertz CT molecular complexity index is 702. The van der Waals surface area contributed by atoms with Gasteiger partial charge in [0.1, 0.15) is 0 Å². The summed E-state index contributed by atoms with van der Waals surface area (Å²) in [7, 11) is 0. The monoisotopic (exact) mass is 380 g/mol. The van der Waals surface area contributed by atoms with Gasteiger partial charge in [-0.2, -0.15) is 0 Å². The molecule has 2 N–H and O–H groups in total. The van der Waals surface area contributed by atoms with Crippen LogP contribution in [0.15, 0.2) is 54.6 Å². The van der Waals surface area contributed by atoms with Gasteiger partial charge in [-0.05, 0) is 47.9 Å². The van der Waals surface area contributed by atoms with Crippen LogP contribution in [0.25, 0.3) is 0 Å². The van der Waals surface area contributed by atoms with Gasteiger partial charge in [0.05, 0.1) is 0 Å². The fourth-order valence-corrected chi connectivity index (χ4v) is 3.29. The predicted octanol–water partition coefficient (Wildman–Crippen LogP) is 5.07. The van der Waals surface area contributed by atoms with Gasteiger partial charge < -0.3 is 10.6 Å². The maximum absolute atomic E-state index is 12.9. The van der Waals surface area contributed by atoms with Crippen molar-refractivity contribution >= 4 is 5.91 Å². The number of hydrogen-bond donors (Lipinski definition) is 1. The quantitative estimate of drug-likeness (QED) is 0.585. The Kier molecular flexibility index (Phi) is 8.72. The number of rotatable bonds is 10. The fourth-order valence-electron chi connectivity index (χ4n) is 3.29. The molecule has 152 valence electrons. The minimum absolute atomic E-state index is 0.143. The first-order valence-corrected chi connectivity index (χ1v) is 10.5. The van der Waals surface area contributed by atoms with E-state index in [1.165, 1.54) is 16.7 Å². The van der Waals surface area contributed by atoms with E-state index in [1.54, 1.807) is 0 Å². The molecule has 0 heterocycles. The summed E-state index contributed by atoms with van der Waals surface area (Å²) in [5.41, 5.74) is 9.49. The smallest absolute Gasteiger partial charge is 0.222 e. The van der Waals surface area contributed by atoms with Crippen molar-refractivity contribution in [3.05, 3.63) is 71.3 Å². The number of benzene rings is 2. The van der Waals surface area contributed by atoms with Crippen molar-refractivity contribution in [2.24, 2.45) is 5.73 Å². The summed E-state index contributed by atoms with van der Waals surface area (Å²) in [5.74, 6) is 0.243. The molecule has 0 fully saturated rings. The van der Waals surface area contributed by atoms with E-state index >= 15 is 0 Å². The molecule has 0 aliphatic heterocycles. The molecule has 1 amide bonds. The number of hydrogen-bond acceptors (Lipinski definition) is 2. The summed E-state index contributed by atoms with van der Waals surface area (Å²) in [6.07, 6.45) is 4.42. The largest absolute Gasteiger partial charge is 0.338 e. The van der Waals surface area contributed by atoms with Crippen molar-refractivity contribution in [2.75, 3.05) is 13.1 Å². The minimum atomic E-state index is 0.143. The summed E-state index contributed by atoms with van der Waals surface area (Å²) in [6.45, 7) is 8.79. The van der Waals surface area contributed by atoms with E-state index in [9.17, 15) is 4.79 Å². The summed E-state index contributed by atoms with van der Waals surface area (Å²) in [6, 6.07) is 19.1. The van der Waals surface area contributed by atoms with E-state index in [0.717, 1.165) is 32.2 Å². The second-order valence-electron chi connectivity index (χ2n) is 8.60. The first kappa shape index (κ1) is 22.2. The minimum Gasteiger partial charge on any atom is -0.338 e. The number of amides is 1. The van der Waals surface area contributed by atoms with Gasteiger partial charge >= 0.3 is 0 Å². The van der Waals surface area contributed by atoms with Crippen molar-refractivity contribution in [3.63, 3.8) is 0 Å². The molecule has 0 aromatic heterocycles. The zero-order chi connectivity index (χ0) is 20.4. The normalized spacial score (nSPS) is 11.4. The third kappa shape index (κ3) is 7.47. The average molecular weight is 381 g/mol. The predicted molar refractivity (Wildman–Crippen MR) is 118 cm³/mol. The van der Waals surface area contributed by atoms with Gasteiger partial charge in [0.25, 0.3) is 0 Å². The molecule has 0 bridgehead atoms. The highest BCUT2D eigenvalue weighted by Gasteiger charge is 2.16. The molecule has 2 aromatic rings. The zero-order valence-corrected chi connectivity index (χ0v) is 17.8. The molecule has 0 saturated carbocycles. The van der Waals surface area contributed by atoms with E-state index in [1.807, 2.05) is 11.0 Å². The highest BCUT2D eigenvalue weighted by molar-refractivity contribution is 5.76. The van der Waals surface area contributed by atoms with Gasteiger partial charge in [-0.1, -0.05) is 81.8 Å². The molecule has 0 saturated heterocycles. The van der Waals surface area contributed by atoms with Crippen LogP contribution in [0.5, 0.6) is 0 Å². The third-order valence-corrected chi connectivity index (χ3v) is 5.15. The van der Waals surface area contributed by atoms with Crippen LogP contribution in [0.2, 0.25) is 0 Å². The van der Waals surface area contributed by atoms with Crippen LogP contribution in [-0.4, -0.2) is 23.9 Å². The Morgan fingerprint density at radius 2 is 1.57 bits per heavy atom. The molecular formula is C25H36N2O. The van der Waals surface area contributed by atoms with Crippen LogP contribution in [0.3, 0.4) is 0 Å². The highest BCUT2D eigenvalue weighted by atomic mass is 16.2. The molecule has 2 rings (SSSR count). The van der Waals surface area contributed by atoms with Gasteiger partial charge in [-0.15, -0.1) is 0 Å². The van der Waals surface area contributed by atoms with Crippen LogP contribution in [0.1, 0.15) is 63.1 Å². The van der Waals surface area contributed by atoms with E-state index in [2.05, 4.69) is 69.3 Å². The lowest BCUT2D eigenvalue weighted by atomic mass is 9.87. The Morgan fingerprint density at radius 1 is 0.893 bits per heavy atom. The van der Waals surface area contributed by atoms with Crippen molar-refractivity contribution in [1.82, 2.24) is 4.90 Å². The topological polar surface area (TPSA) is 46.3 Å². The zero-order valence-electron chi connectivity index (χ0n) is 17.8. The Labute approximate surface area is 170 Å². The summed E-state index contributed by atoms with van der Waals surface area (Å²) in [5, 5.41) is 0. The average Bonchev–Trinajstić information content (AvgIpc) is 2.69. The lowest BCUT2D eigenvalue weighted by Gasteiger charge is -2.24.